The van der Waals surface area contributed by atoms with Crippen LogP contribution < -0.4 is 20.7 Å². The Morgan fingerprint density at radius 1 is 0.923 bits per heavy atom. The summed E-state index contributed by atoms with van der Waals surface area (Å²) < 4.78 is 0. The third kappa shape index (κ3) is 6.33. The molecule has 26 heavy (non-hydrogen) atoms. The van der Waals surface area contributed by atoms with Crippen LogP contribution >= 0.6 is 0 Å². The zero-order valence-corrected chi connectivity index (χ0v) is 16.1. The molecule has 2 amide bonds. The predicted molar refractivity (Wildman–Crippen MR) is 104 cm³/mol. The molecule has 1 fully saturated rings. The predicted octanol–water partition coefficient (Wildman–Crippen LogP) is 1.14. The Morgan fingerprint density at radius 2 is 1.50 bits per heavy atom. The summed E-state index contributed by atoms with van der Waals surface area (Å²) in [6, 6.07) is 7.46. The van der Waals surface area contributed by atoms with Gasteiger partial charge < -0.3 is 9.80 Å². The van der Waals surface area contributed by atoms with Crippen molar-refractivity contribution in [3.63, 3.8) is 0 Å². The molecule has 1 heterocycles. The average Bonchev–Trinajstić information content (AvgIpc) is 2.63. The van der Waals surface area contributed by atoms with Crippen LogP contribution in [-0.2, 0) is 4.79 Å². The summed E-state index contributed by atoms with van der Waals surface area (Å²) in [4.78, 5) is 27.9. The first-order valence-electron chi connectivity index (χ1n) is 9.91. The van der Waals surface area contributed by atoms with Gasteiger partial charge in [0.2, 0.25) is 0 Å². The highest BCUT2D eigenvalue weighted by molar-refractivity contribution is 5.95. The number of nitrogens with one attached hydrogen (secondary N) is 3. The van der Waals surface area contributed by atoms with E-state index < -0.39 is 0 Å². The van der Waals surface area contributed by atoms with Crippen LogP contribution in [0.3, 0.4) is 0 Å². The number of rotatable bonds is 6. The Kier molecular flexibility index (Phi) is 8.41. The van der Waals surface area contributed by atoms with Crippen molar-refractivity contribution in [1.82, 2.24) is 10.9 Å². The maximum absolute atomic E-state index is 12.2. The van der Waals surface area contributed by atoms with Crippen molar-refractivity contribution >= 4 is 17.5 Å². The first-order chi connectivity index (χ1) is 12.6. The monoisotopic (exact) mass is 361 g/mol. The number of hydrogen-bond donors (Lipinski definition) is 3. The Labute approximate surface area is 156 Å². The van der Waals surface area contributed by atoms with Crippen LogP contribution in [0.2, 0.25) is 0 Å². The highest BCUT2D eigenvalue weighted by atomic mass is 16.2. The first-order valence-corrected chi connectivity index (χ1v) is 9.91. The number of anilines is 1. The summed E-state index contributed by atoms with van der Waals surface area (Å²) >= 11 is 0. The molecular weight excluding hydrogens is 328 g/mol. The van der Waals surface area contributed by atoms with Crippen LogP contribution in [0.25, 0.3) is 0 Å². The number of quaternary nitrogens is 1. The molecule has 1 saturated heterocycles. The van der Waals surface area contributed by atoms with E-state index in [4.69, 9.17) is 0 Å². The zero-order chi connectivity index (χ0) is 18.8. The van der Waals surface area contributed by atoms with E-state index in [0.29, 0.717) is 12.1 Å². The Bertz CT molecular complexity index is 562. The van der Waals surface area contributed by atoms with Gasteiger partial charge in [-0.2, -0.15) is 0 Å². The van der Waals surface area contributed by atoms with Gasteiger partial charge in [-0.1, -0.05) is 6.42 Å². The Hall–Kier alpha value is -2.08. The molecule has 1 aromatic carbocycles. The lowest BCUT2D eigenvalue weighted by Gasteiger charge is -2.21. The van der Waals surface area contributed by atoms with Gasteiger partial charge in [0.05, 0.1) is 13.1 Å². The molecule has 0 radical (unpaired) electrons. The summed E-state index contributed by atoms with van der Waals surface area (Å²) in [5.74, 6) is -0.416. The minimum absolute atomic E-state index is 0.131. The maximum atomic E-state index is 12.2. The molecule has 0 saturated carbocycles. The Balaban J connectivity index is 1.79. The van der Waals surface area contributed by atoms with E-state index in [0.717, 1.165) is 31.9 Å². The molecule has 1 aliphatic heterocycles. The van der Waals surface area contributed by atoms with Crippen molar-refractivity contribution in [2.75, 3.05) is 37.6 Å². The first kappa shape index (κ1) is 20.2. The van der Waals surface area contributed by atoms with Gasteiger partial charge in [-0.25, -0.2) is 0 Å². The minimum atomic E-state index is -0.285. The molecule has 1 aromatic rings. The molecule has 0 bridgehead atoms. The van der Waals surface area contributed by atoms with Crippen LogP contribution in [0.5, 0.6) is 0 Å². The van der Waals surface area contributed by atoms with E-state index in [-0.39, 0.29) is 11.8 Å². The number of likely N-dealkylation sites (tertiary alicyclic amines) is 1. The highest BCUT2D eigenvalue weighted by Gasteiger charge is 2.16. The fraction of sp³-hybridized carbons (Fsp3) is 0.600. The van der Waals surface area contributed by atoms with Crippen molar-refractivity contribution in [1.29, 1.82) is 0 Å². The van der Waals surface area contributed by atoms with Gasteiger partial charge in [-0.05, 0) is 63.8 Å². The topological polar surface area (TPSA) is 65.9 Å². The lowest BCUT2D eigenvalue weighted by atomic mass is 10.1. The van der Waals surface area contributed by atoms with Crippen molar-refractivity contribution in [3.05, 3.63) is 29.8 Å². The quantitative estimate of drug-likeness (QED) is 0.666. The summed E-state index contributed by atoms with van der Waals surface area (Å²) in [6.45, 7) is 8.55. The van der Waals surface area contributed by atoms with Crippen molar-refractivity contribution in [2.24, 2.45) is 0 Å². The molecule has 2 rings (SSSR count). The smallest absolute Gasteiger partial charge is 0.293 e. The number of carbonyl (C=O) groups excluding carboxylic acids is 2. The van der Waals surface area contributed by atoms with Crippen LogP contribution in [0, 0.1) is 0 Å². The van der Waals surface area contributed by atoms with Crippen molar-refractivity contribution in [3.8, 4) is 0 Å². The number of hydrogen-bond acceptors (Lipinski definition) is 3. The second-order valence-electron chi connectivity index (χ2n) is 6.92. The molecule has 0 aromatic heterocycles. The van der Waals surface area contributed by atoms with E-state index in [2.05, 4.69) is 29.6 Å². The molecule has 0 aliphatic carbocycles. The molecule has 0 unspecified atom stereocenters. The second-order valence-corrected chi connectivity index (χ2v) is 6.92. The maximum Gasteiger partial charge on any atom is 0.293 e. The van der Waals surface area contributed by atoms with E-state index in [1.54, 1.807) is 12.1 Å². The number of hydrazine groups is 1. The average molecular weight is 362 g/mol. The van der Waals surface area contributed by atoms with Crippen LogP contribution in [0.15, 0.2) is 24.3 Å². The van der Waals surface area contributed by atoms with Gasteiger partial charge >= 0.3 is 0 Å². The van der Waals surface area contributed by atoms with Gasteiger partial charge in [0.1, 0.15) is 0 Å². The summed E-state index contributed by atoms with van der Waals surface area (Å²) in [6.07, 6.45) is 6.17. The Morgan fingerprint density at radius 3 is 2.08 bits per heavy atom. The lowest BCUT2D eigenvalue weighted by Crippen LogP contribution is -3.13. The van der Waals surface area contributed by atoms with Crippen molar-refractivity contribution < 1.29 is 14.5 Å². The van der Waals surface area contributed by atoms with Crippen LogP contribution in [-0.4, -0.2) is 44.5 Å². The standard InChI is InChI=1S/C20H32N4O2/c1-3-24(4-2)18-12-10-17(11-13-18)20(26)22-21-19(25)16-23-14-8-6-5-7-9-15-23/h10-13H,3-9,14-16H2,1-2H3,(H,21,25)(H,22,26)/p+1. The fourth-order valence-electron chi connectivity index (χ4n) is 3.46. The SMILES string of the molecule is CCN(CC)c1ccc(C(=O)NNC(=O)C[NH+]2CCCCCCC2)cc1. The van der Waals surface area contributed by atoms with E-state index in [1.165, 1.54) is 37.0 Å². The number of nitrogens with zero attached hydrogens (tertiary/aromatic N) is 1. The minimum Gasteiger partial charge on any atom is -0.372 e. The fourth-order valence-corrected chi connectivity index (χ4v) is 3.46. The molecule has 6 heteroatoms. The van der Waals surface area contributed by atoms with Gasteiger partial charge in [0.15, 0.2) is 6.54 Å². The highest BCUT2D eigenvalue weighted by Crippen LogP contribution is 2.14. The molecule has 6 nitrogen and oxygen atoms in total. The lowest BCUT2D eigenvalue weighted by molar-refractivity contribution is -0.893. The van der Waals surface area contributed by atoms with E-state index in [1.807, 2.05) is 12.1 Å². The van der Waals surface area contributed by atoms with E-state index >= 15 is 0 Å². The summed E-state index contributed by atoms with van der Waals surface area (Å²) in [5, 5.41) is 0. The summed E-state index contributed by atoms with van der Waals surface area (Å²) in [7, 11) is 0. The summed E-state index contributed by atoms with van der Waals surface area (Å²) in [5.41, 5.74) is 6.72. The third-order valence-electron chi connectivity index (χ3n) is 5.04. The largest absolute Gasteiger partial charge is 0.372 e. The van der Waals surface area contributed by atoms with E-state index in [9.17, 15) is 9.59 Å². The molecule has 3 N–H and O–H groups in total. The second kappa shape index (κ2) is 10.8. The third-order valence-corrected chi connectivity index (χ3v) is 5.04. The zero-order valence-electron chi connectivity index (χ0n) is 16.1. The van der Waals surface area contributed by atoms with Crippen molar-refractivity contribution in [2.45, 2.75) is 46.0 Å². The van der Waals surface area contributed by atoms with Crippen LogP contribution in [0.4, 0.5) is 5.69 Å². The number of benzene rings is 1. The number of carbonyl (C=O) groups is 2. The normalized spacial score (nSPS) is 15.6. The molecule has 1 aliphatic rings. The van der Waals surface area contributed by atoms with Gasteiger partial charge in [0, 0.05) is 24.3 Å². The van der Waals surface area contributed by atoms with Crippen LogP contribution in [0.1, 0.15) is 56.3 Å². The number of amides is 2. The molecule has 144 valence electrons. The van der Waals surface area contributed by atoms with Gasteiger partial charge in [0.25, 0.3) is 11.8 Å². The molecule has 0 atom stereocenters. The molecule has 0 spiro atoms. The van der Waals surface area contributed by atoms with Gasteiger partial charge in [-0.3, -0.25) is 20.4 Å². The molecular formula is C20H33N4O2+. The van der Waals surface area contributed by atoms with Gasteiger partial charge in [-0.15, -0.1) is 0 Å².